The minimum absolute atomic E-state index is 0.137. The summed E-state index contributed by atoms with van der Waals surface area (Å²) >= 11 is 3.31. The fourth-order valence-corrected chi connectivity index (χ4v) is 6.28. The number of hydrogen-bond donors (Lipinski definition) is 2. The Morgan fingerprint density at radius 3 is 1.36 bits per heavy atom. The van der Waals surface area contributed by atoms with E-state index in [1.165, 1.54) is 11.1 Å². The number of Topliss-reactive ketones (excluding diaryl/α,β-unsaturated/α-hetero) is 2. The number of hydrogen-bond acceptors (Lipinski definition) is 4. The summed E-state index contributed by atoms with van der Waals surface area (Å²) in [4.78, 5) is 35.8. The summed E-state index contributed by atoms with van der Waals surface area (Å²) in [6, 6.07) is 8.18. The molecular formula is C27H30N2O2S2. The third-order valence-electron chi connectivity index (χ3n) is 6.26. The molecule has 0 saturated heterocycles. The van der Waals surface area contributed by atoms with Crippen LogP contribution in [0.3, 0.4) is 0 Å². The van der Waals surface area contributed by atoms with Gasteiger partial charge in [0.25, 0.3) is 0 Å². The molecule has 0 aliphatic rings. The maximum atomic E-state index is 13.4. The van der Waals surface area contributed by atoms with E-state index in [1.54, 1.807) is 22.7 Å². The predicted molar refractivity (Wildman–Crippen MR) is 139 cm³/mol. The molecule has 0 amide bonds. The van der Waals surface area contributed by atoms with Gasteiger partial charge in [-0.3, -0.25) is 9.59 Å². The molecule has 0 fully saturated rings. The molecule has 172 valence electrons. The van der Waals surface area contributed by atoms with Gasteiger partial charge in [-0.25, -0.2) is 0 Å². The van der Waals surface area contributed by atoms with E-state index in [0.717, 1.165) is 58.0 Å². The Bertz CT molecular complexity index is 1160. The minimum atomic E-state index is -0.138. The molecule has 0 saturated carbocycles. The van der Waals surface area contributed by atoms with E-state index >= 15 is 0 Å². The molecule has 6 heteroatoms. The number of carbonyl (C=O) groups excluding carboxylic acids is 2. The molecular weight excluding hydrogens is 448 g/mol. The van der Waals surface area contributed by atoms with E-state index < -0.39 is 0 Å². The molecule has 33 heavy (non-hydrogen) atoms. The third kappa shape index (κ3) is 4.30. The highest BCUT2D eigenvalue weighted by Gasteiger charge is 2.26. The van der Waals surface area contributed by atoms with Crippen LogP contribution in [0.15, 0.2) is 35.0 Å². The van der Waals surface area contributed by atoms with Crippen LogP contribution in [0.4, 0.5) is 0 Å². The Hall–Kier alpha value is -2.70. The van der Waals surface area contributed by atoms with Crippen LogP contribution in [0.2, 0.25) is 0 Å². The Labute approximate surface area is 203 Å². The number of carbonyl (C=O) groups is 2. The standard InChI is InChI=1S/C27H30N2O2S2/c1-5-16-18(7-3)26(22-11-9-13-32-22)28-24(16)20(30)15-21(31)25-17(6-2)19(8-4)27(29-25)23-12-10-14-33-23/h9-14,28-29H,5-8,15H2,1-4H3. The highest BCUT2D eigenvalue weighted by Crippen LogP contribution is 2.35. The Morgan fingerprint density at radius 1 is 0.667 bits per heavy atom. The van der Waals surface area contributed by atoms with Crippen LogP contribution < -0.4 is 0 Å². The number of aromatic amines is 2. The van der Waals surface area contributed by atoms with E-state index in [1.807, 2.05) is 22.9 Å². The number of thiophene rings is 2. The lowest BCUT2D eigenvalue weighted by molar-refractivity contribution is 0.0888. The maximum absolute atomic E-state index is 13.4. The predicted octanol–water partition coefficient (Wildman–Crippen LogP) is 7.51. The molecule has 4 aromatic rings. The second-order valence-electron chi connectivity index (χ2n) is 8.06. The van der Waals surface area contributed by atoms with Gasteiger partial charge in [0, 0.05) is 0 Å². The van der Waals surface area contributed by atoms with E-state index in [4.69, 9.17) is 0 Å². The number of H-pyrrole nitrogens is 2. The van der Waals surface area contributed by atoms with Crippen molar-refractivity contribution >= 4 is 34.2 Å². The van der Waals surface area contributed by atoms with Crippen molar-refractivity contribution in [3.63, 3.8) is 0 Å². The van der Waals surface area contributed by atoms with Gasteiger partial charge in [-0.15, -0.1) is 22.7 Å². The molecule has 0 spiro atoms. The summed E-state index contributed by atoms with van der Waals surface area (Å²) < 4.78 is 0. The first-order chi connectivity index (χ1) is 16.0. The van der Waals surface area contributed by atoms with E-state index in [-0.39, 0.29) is 18.0 Å². The van der Waals surface area contributed by atoms with E-state index in [0.29, 0.717) is 11.4 Å². The van der Waals surface area contributed by atoms with Gasteiger partial charge in [-0.05, 0) is 70.8 Å². The summed E-state index contributed by atoms with van der Waals surface area (Å²) in [5.74, 6) is -0.275. The fraction of sp³-hybridized carbons (Fsp3) is 0.333. The average molecular weight is 479 g/mol. The van der Waals surface area contributed by atoms with Crippen molar-refractivity contribution in [1.29, 1.82) is 0 Å². The summed E-state index contributed by atoms with van der Waals surface area (Å²) in [5.41, 5.74) is 7.64. The smallest absolute Gasteiger partial charge is 0.187 e. The number of aromatic nitrogens is 2. The SMILES string of the molecule is CCc1c(C(=O)CC(=O)c2[nH]c(-c3cccs3)c(CC)c2CC)[nH]c(-c2cccs2)c1CC. The van der Waals surface area contributed by atoms with Crippen molar-refractivity contribution in [2.24, 2.45) is 0 Å². The van der Waals surface area contributed by atoms with Crippen molar-refractivity contribution in [3.8, 4) is 21.1 Å². The van der Waals surface area contributed by atoms with Gasteiger partial charge < -0.3 is 9.97 Å². The second kappa shape index (κ2) is 10.1. The first kappa shape index (κ1) is 23.5. The molecule has 4 rings (SSSR count). The van der Waals surface area contributed by atoms with Crippen molar-refractivity contribution in [2.75, 3.05) is 0 Å². The fourth-order valence-electron chi connectivity index (χ4n) is 4.78. The highest BCUT2D eigenvalue weighted by atomic mass is 32.1. The van der Waals surface area contributed by atoms with Crippen LogP contribution in [0.5, 0.6) is 0 Å². The largest absolute Gasteiger partial charge is 0.351 e. The number of nitrogens with one attached hydrogen (secondary N) is 2. The molecule has 0 unspecified atom stereocenters. The van der Waals surface area contributed by atoms with Gasteiger partial charge in [0.2, 0.25) is 0 Å². The topological polar surface area (TPSA) is 65.7 Å². The van der Waals surface area contributed by atoms with Gasteiger partial charge in [-0.1, -0.05) is 39.8 Å². The molecule has 2 N–H and O–H groups in total. The second-order valence-corrected chi connectivity index (χ2v) is 9.95. The zero-order chi connectivity index (χ0) is 23.5. The molecule has 4 heterocycles. The lowest BCUT2D eigenvalue weighted by Crippen LogP contribution is -2.12. The van der Waals surface area contributed by atoms with Crippen LogP contribution in [0, 0.1) is 0 Å². The average Bonchev–Trinajstić information content (AvgIpc) is 3.61. The van der Waals surface area contributed by atoms with Crippen molar-refractivity contribution in [1.82, 2.24) is 9.97 Å². The zero-order valence-corrected chi connectivity index (χ0v) is 21.3. The lowest BCUT2D eigenvalue weighted by atomic mass is 9.97. The molecule has 4 aromatic heterocycles. The van der Waals surface area contributed by atoms with Crippen molar-refractivity contribution in [3.05, 3.63) is 68.7 Å². The maximum Gasteiger partial charge on any atom is 0.187 e. The molecule has 4 nitrogen and oxygen atoms in total. The Balaban J connectivity index is 1.68. The Morgan fingerprint density at radius 2 is 1.06 bits per heavy atom. The lowest BCUT2D eigenvalue weighted by Gasteiger charge is -2.05. The van der Waals surface area contributed by atoms with Gasteiger partial charge in [-0.2, -0.15) is 0 Å². The van der Waals surface area contributed by atoms with Gasteiger partial charge in [0.1, 0.15) is 0 Å². The highest BCUT2D eigenvalue weighted by molar-refractivity contribution is 7.13. The zero-order valence-electron chi connectivity index (χ0n) is 19.6. The molecule has 0 atom stereocenters. The van der Waals surface area contributed by atoms with Crippen LogP contribution in [0.25, 0.3) is 21.1 Å². The summed E-state index contributed by atoms with van der Waals surface area (Å²) in [6.07, 6.45) is 3.06. The Kier molecular flexibility index (Phi) is 7.15. The number of rotatable bonds is 10. The summed E-state index contributed by atoms with van der Waals surface area (Å²) in [7, 11) is 0. The monoisotopic (exact) mass is 478 g/mol. The quantitative estimate of drug-likeness (QED) is 0.183. The summed E-state index contributed by atoms with van der Waals surface area (Å²) in [6.45, 7) is 8.37. The molecule has 0 aliphatic carbocycles. The van der Waals surface area contributed by atoms with Crippen LogP contribution in [-0.4, -0.2) is 21.5 Å². The van der Waals surface area contributed by atoms with E-state index in [2.05, 4.69) is 49.8 Å². The minimum Gasteiger partial charge on any atom is -0.351 e. The molecule has 0 aliphatic heterocycles. The normalized spacial score (nSPS) is 11.3. The van der Waals surface area contributed by atoms with Crippen molar-refractivity contribution < 1.29 is 9.59 Å². The van der Waals surface area contributed by atoms with E-state index in [9.17, 15) is 9.59 Å². The third-order valence-corrected chi connectivity index (χ3v) is 8.04. The molecule has 0 aromatic carbocycles. The first-order valence-corrected chi connectivity index (χ1v) is 13.4. The van der Waals surface area contributed by atoms with Crippen LogP contribution in [0.1, 0.15) is 77.3 Å². The summed E-state index contributed by atoms with van der Waals surface area (Å²) in [5, 5.41) is 4.08. The van der Waals surface area contributed by atoms with Crippen LogP contribution >= 0.6 is 22.7 Å². The number of ketones is 2. The van der Waals surface area contributed by atoms with Crippen LogP contribution in [-0.2, 0) is 25.7 Å². The van der Waals surface area contributed by atoms with Gasteiger partial charge >= 0.3 is 0 Å². The molecule has 0 bridgehead atoms. The van der Waals surface area contributed by atoms with Crippen molar-refractivity contribution in [2.45, 2.75) is 59.8 Å². The van der Waals surface area contributed by atoms with Gasteiger partial charge in [0.15, 0.2) is 11.6 Å². The van der Waals surface area contributed by atoms with Gasteiger partial charge in [0.05, 0.1) is 39.0 Å². The first-order valence-electron chi connectivity index (χ1n) is 11.6. The molecule has 0 radical (unpaired) electrons.